The number of tetrazole rings is 1. The lowest BCUT2D eigenvalue weighted by Gasteiger charge is -2.08. The van der Waals surface area contributed by atoms with Crippen LogP contribution in [0.5, 0.6) is 0 Å². The number of aromatic nitrogens is 5. The summed E-state index contributed by atoms with van der Waals surface area (Å²) in [5, 5.41) is 15.7. The Morgan fingerprint density at radius 2 is 1.96 bits per heavy atom. The van der Waals surface area contributed by atoms with Crippen molar-refractivity contribution in [3.63, 3.8) is 0 Å². The molecule has 1 unspecified atom stereocenters. The van der Waals surface area contributed by atoms with E-state index in [4.69, 9.17) is 0 Å². The van der Waals surface area contributed by atoms with Crippen LogP contribution in [-0.4, -0.2) is 31.1 Å². The van der Waals surface area contributed by atoms with Crippen LogP contribution in [0.25, 0.3) is 21.6 Å². The lowest BCUT2D eigenvalue weighted by atomic mass is 10.2. The summed E-state index contributed by atoms with van der Waals surface area (Å²) >= 11 is 4.82. The SMILES string of the molecule is CC(C(=O)Nc1nc2ccccc2s1)n1nnc(-c2ccc(Br)cc2)n1. The fraction of sp³-hybridized carbons (Fsp3) is 0.118. The molecule has 0 saturated carbocycles. The topological polar surface area (TPSA) is 85.6 Å². The Labute approximate surface area is 161 Å². The second kappa shape index (κ2) is 6.93. The first kappa shape index (κ1) is 16.8. The summed E-state index contributed by atoms with van der Waals surface area (Å²) in [7, 11) is 0. The average Bonchev–Trinajstić information content (AvgIpc) is 3.28. The number of fused-ring (bicyclic) bond motifs is 1. The maximum absolute atomic E-state index is 12.5. The minimum absolute atomic E-state index is 0.246. The van der Waals surface area contributed by atoms with Gasteiger partial charge in [0.1, 0.15) is 6.04 Å². The second-order valence-electron chi connectivity index (χ2n) is 5.59. The standard InChI is InChI=1S/C17H13BrN6OS/c1-10(16(25)20-17-19-13-4-2-3-5-14(13)26-17)24-22-15(21-23-24)11-6-8-12(18)9-7-11/h2-10H,1H3,(H,19,20,25). The Hall–Kier alpha value is -2.65. The number of carbonyl (C=O) groups is 1. The lowest BCUT2D eigenvalue weighted by Crippen LogP contribution is -2.25. The van der Waals surface area contributed by atoms with Gasteiger partial charge < -0.3 is 5.32 Å². The van der Waals surface area contributed by atoms with Crippen LogP contribution in [0.4, 0.5) is 5.13 Å². The molecule has 0 spiro atoms. The molecular weight excluding hydrogens is 416 g/mol. The number of hydrogen-bond acceptors (Lipinski definition) is 6. The van der Waals surface area contributed by atoms with E-state index in [0.29, 0.717) is 11.0 Å². The fourth-order valence-electron chi connectivity index (χ4n) is 2.34. The first-order valence-corrected chi connectivity index (χ1v) is 9.43. The summed E-state index contributed by atoms with van der Waals surface area (Å²) < 4.78 is 1.99. The molecule has 1 N–H and O–H groups in total. The number of benzene rings is 2. The molecule has 0 aliphatic carbocycles. The summed E-state index contributed by atoms with van der Waals surface area (Å²) in [6, 6.07) is 14.7. The van der Waals surface area contributed by atoms with E-state index in [1.807, 2.05) is 48.5 Å². The maximum Gasteiger partial charge on any atom is 0.252 e. The van der Waals surface area contributed by atoms with Gasteiger partial charge in [0.05, 0.1) is 10.2 Å². The van der Waals surface area contributed by atoms with Crippen molar-refractivity contribution in [2.45, 2.75) is 13.0 Å². The quantitative estimate of drug-likeness (QED) is 0.532. The fourth-order valence-corrected chi connectivity index (χ4v) is 3.48. The molecule has 1 amide bonds. The highest BCUT2D eigenvalue weighted by Gasteiger charge is 2.20. The van der Waals surface area contributed by atoms with Gasteiger partial charge >= 0.3 is 0 Å². The number of nitrogens with one attached hydrogen (secondary N) is 1. The van der Waals surface area contributed by atoms with Crippen LogP contribution < -0.4 is 5.32 Å². The largest absolute Gasteiger partial charge is 0.300 e. The number of anilines is 1. The average molecular weight is 429 g/mol. The number of carbonyl (C=O) groups excluding carboxylic acids is 1. The molecule has 130 valence electrons. The van der Waals surface area contributed by atoms with E-state index < -0.39 is 6.04 Å². The molecule has 0 aliphatic heterocycles. The molecular formula is C17H13BrN6OS. The highest BCUT2D eigenvalue weighted by atomic mass is 79.9. The van der Waals surface area contributed by atoms with Gasteiger partial charge in [-0.2, -0.15) is 4.80 Å². The van der Waals surface area contributed by atoms with Gasteiger partial charge in [-0.15, -0.1) is 10.2 Å². The van der Waals surface area contributed by atoms with E-state index >= 15 is 0 Å². The molecule has 2 aromatic heterocycles. The monoisotopic (exact) mass is 428 g/mol. The van der Waals surface area contributed by atoms with Crippen molar-refractivity contribution < 1.29 is 4.79 Å². The molecule has 0 aliphatic rings. The molecule has 2 heterocycles. The zero-order chi connectivity index (χ0) is 18.1. The molecule has 26 heavy (non-hydrogen) atoms. The summed E-state index contributed by atoms with van der Waals surface area (Å²) in [5.74, 6) is 0.223. The maximum atomic E-state index is 12.5. The summed E-state index contributed by atoms with van der Waals surface area (Å²) in [5.41, 5.74) is 1.69. The van der Waals surface area contributed by atoms with Crippen molar-refractivity contribution in [1.82, 2.24) is 25.2 Å². The predicted molar refractivity (Wildman–Crippen MR) is 104 cm³/mol. The number of thiazole rings is 1. The van der Waals surface area contributed by atoms with E-state index in [0.717, 1.165) is 20.3 Å². The molecule has 7 nitrogen and oxygen atoms in total. The molecule has 1 atom stereocenters. The van der Waals surface area contributed by atoms with E-state index in [-0.39, 0.29) is 5.91 Å². The van der Waals surface area contributed by atoms with Gasteiger partial charge in [0.15, 0.2) is 5.13 Å². The Kier molecular flexibility index (Phi) is 4.48. The minimum atomic E-state index is -0.612. The van der Waals surface area contributed by atoms with Crippen molar-refractivity contribution in [3.8, 4) is 11.4 Å². The van der Waals surface area contributed by atoms with Crippen molar-refractivity contribution >= 4 is 48.5 Å². The van der Waals surface area contributed by atoms with Crippen molar-refractivity contribution in [2.24, 2.45) is 0 Å². The normalized spacial score (nSPS) is 12.2. The Bertz CT molecular complexity index is 1040. The minimum Gasteiger partial charge on any atom is -0.300 e. The predicted octanol–water partition coefficient (Wildman–Crippen LogP) is 3.91. The molecule has 4 aromatic rings. The van der Waals surface area contributed by atoms with Gasteiger partial charge in [-0.25, -0.2) is 4.98 Å². The van der Waals surface area contributed by atoms with Gasteiger partial charge in [0, 0.05) is 10.0 Å². The highest BCUT2D eigenvalue weighted by Crippen LogP contribution is 2.26. The third-order valence-corrected chi connectivity index (χ3v) is 5.26. The number of hydrogen-bond donors (Lipinski definition) is 1. The van der Waals surface area contributed by atoms with Crippen LogP contribution in [0.2, 0.25) is 0 Å². The molecule has 0 radical (unpaired) electrons. The van der Waals surface area contributed by atoms with Crippen molar-refractivity contribution in [3.05, 3.63) is 53.0 Å². The van der Waals surface area contributed by atoms with Crippen molar-refractivity contribution in [2.75, 3.05) is 5.32 Å². The molecule has 0 bridgehead atoms. The molecule has 4 rings (SSSR count). The third-order valence-electron chi connectivity index (χ3n) is 3.78. The second-order valence-corrected chi connectivity index (χ2v) is 7.54. The molecule has 9 heteroatoms. The van der Waals surface area contributed by atoms with Crippen LogP contribution >= 0.6 is 27.3 Å². The highest BCUT2D eigenvalue weighted by molar-refractivity contribution is 9.10. The van der Waals surface area contributed by atoms with Crippen LogP contribution in [0.15, 0.2) is 53.0 Å². The van der Waals surface area contributed by atoms with E-state index in [1.54, 1.807) is 6.92 Å². The molecule has 0 fully saturated rings. The number of para-hydroxylation sites is 1. The van der Waals surface area contributed by atoms with Crippen LogP contribution in [0, 0.1) is 0 Å². The lowest BCUT2D eigenvalue weighted by molar-refractivity contribution is -0.119. The number of nitrogens with zero attached hydrogens (tertiary/aromatic N) is 5. The summed E-state index contributed by atoms with van der Waals surface area (Å²) in [6.45, 7) is 1.72. The zero-order valence-corrected chi connectivity index (χ0v) is 16.0. The van der Waals surface area contributed by atoms with Crippen LogP contribution in [-0.2, 0) is 4.79 Å². The Morgan fingerprint density at radius 1 is 1.19 bits per heavy atom. The number of rotatable bonds is 4. The first-order valence-electron chi connectivity index (χ1n) is 7.82. The summed E-state index contributed by atoms with van der Waals surface area (Å²) in [4.78, 5) is 18.2. The number of amides is 1. The van der Waals surface area contributed by atoms with E-state index in [9.17, 15) is 4.79 Å². The number of halogens is 1. The van der Waals surface area contributed by atoms with Gasteiger partial charge in [-0.05, 0) is 48.5 Å². The van der Waals surface area contributed by atoms with Gasteiger partial charge in [0.2, 0.25) is 5.82 Å². The van der Waals surface area contributed by atoms with Crippen LogP contribution in [0.1, 0.15) is 13.0 Å². The third kappa shape index (κ3) is 3.35. The van der Waals surface area contributed by atoms with Gasteiger partial charge in [0.25, 0.3) is 5.91 Å². The van der Waals surface area contributed by atoms with Crippen molar-refractivity contribution in [1.29, 1.82) is 0 Å². The molecule has 0 saturated heterocycles. The van der Waals surface area contributed by atoms with Gasteiger partial charge in [-0.1, -0.05) is 39.4 Å². The van der Waals surface area contributed by atoms with Crippen LogP contribution in [0.3, 0.4) is 0 Å². The smallest absolute Gasteiger partial charge is 0.252 e. The van der Waals surface area contributed by atoms with E-state index in [1.165, 1.54) is 16.1 Å². The Balaban J connectivity index is 1.50. The van der Waals surface area contributed by atoms with Gasteiger partial charge in [-0.3, -0.25) is 4.79 Å². The first-order chi connectivity index (χ1) is 12.6. The van der Waals surface area contributed by atoms with E-state index in [2.05, 4.69) is 41.6 Å². The summed E-state index contributed by atoms with van der Waals surface area (Å²) in [6.07, 6.45) is 0. The Morgan fingerprint density at radius 3 is 2.73 bits per heavy atom. The zero-order valence-electron chi connectivity index (χ0n) is 13.6. The molecule has 2 aromatic carbocycles.